The SMILES string of the molecule is O=C(CNC(=O)c1ccccc1)N[C@H](CCCc1ccccc1)C(=O)O. The van der Waals surface area contributed by atoms with Crippen molar-refractivity contribution in [3.8, 4) is 0 Å². The normalized spacial score (nSPS) is 11.4. The number of carbonyl (C=O) groups excluding carboxylic acids is 2. The molecule has 2 amide bonds. The molecule has 0 fully saturated rings. The molecule has 0 bridgehead atoms. The molecule has 6 nitrogen and oxygen atoms in total. The summed E-state index contributed by atoms with van der Waals surface area (Å²) in [5, 5.41) is 14.2. The van der Waals surface area contributed by atoms with Crippen LogP contribution >= 0.6 is 0 Å². The van der Waals surface area contributed by atoms with Crippen LogP contribution in [-0.2, 0) is 16.0 Å². The molecule has 0 unspecified atom stereocenters. The number of aryl methyl sites for hydroxylation is 1. The summed E-state index contributed by atoms with van der Waals surface area (Å²) in [6, 6.07) is 17.3. The number of aliphatic carboxylic acids is 1. The van der Waals surface area contributed by atoms with Crippen LogP contribution in [0.25, 0.3) is 0 Å². The van der Waals surface area contributed by atoms with Gasteiger partial charge in [-0.05, 0) is 37.0 Å². The first kappa shape index (κ1) is 19.2. The molecule has 2 aromatic rings. The van der Waals surface area contributed by atoms with E-state index in [0.29, 0.717) is 18.4 Å². The molecule has 0 aliphatic rings. The third-order valence-corrected chi connectivity index (χ3v) is 3.88. The minimum atomic E-state index is -1.08. The summed E-state index contributed by atoms with van der Waals surface area (Å²) in [7, 11) is 0. The van der Waals surface area contributed by atoms with Gasteiger partial charge >= 0.3 is 5.97 Å². The Morgan fingerprint density at radius 3 is 2.15 bits per heavy atom. The van der Waals surface area contributed by atoms with E-state index in [1.807, 2.05) is 30.3 Å². The maximum Gasteiger partial charge on any atom is 0.326 e. The molecule has 26 heavy (non-hydrogen) atoms. The van der Waals surface area contributed by atoms with Crippen LogP contribution in [0, 0.1) is 0 Å². The van der Waals surface area contributed by atoms with Gasteiger partial charge in [0.2, 0.25) is 5.91 Å². The molecule has 0 aliphatic heterocycles. The lowest BCUT2D eigenvalue weighted by molar-refractivity contribution is -0.141. The molecule has 136 valence electrons. The van der Waals surface area contributed by atoms with Crippen LogP contribution in [0.3, 0.4) is 0 Å². The Hall–Kier alpha value is -3.15. The second kappa shape index (κ2) is 9.98. The quantitative estimate of drug-likeness (QED) is 0.642. The summed E-state index contributed by atoms with van der Waals surface area (Å²) in [6.07, 6.45) is 1.70. The van der Waals surface area contributed by atoms with Crippen molar-refractivity contribution in [2.75, 3.05) is 6.54 Å². The summed E-state index contributed by atoms with van der Waals surface area (Å²) in [5.41, 5.74) is 1.57. The van der Waals surface area contributed by atoms with Crippen LogP contribution in [0.1, 0.15) is 28.8 Å². The van der Waals surface area contributed by atoms with Crippen molar-refractivity contribution in [1.82, 2.24) is 10.6 Å². The fraction of sp³-hybridized carbons (Fsp3) is 0.250. The molecular formula is C20H22N2O4. The van der Waals surface area contributed by atoms with Gasteiger partial charge in [-0.2, -0.15) is 0 Å². The molecular weight excluding hydrogens is 332 g/mol. The van der Waals surface area contributed by atoms with Crippen molar-refractivity contribution in [2.45, 2.75) is 25.3 Å². The molecule has 2 aromatic carbocycles. The van der Waals surface area contributed by atoms with Crippen molar-refractivity contribution in [2.24, 2.45) is 0 Å². The lowest BCUT2D eigenvalue weighted by Gasteiger charge is -2.15. The summed E-state index contributed by atoms with van der Waals surface area (Å²) in [6.45, 7) is -0.268. The predicted molar refractivity (Wildman–Crippen MR) is 97.7 cm³/mol. The van der Waals surface area contributed by atoms with Gasteiger partial charge in [0.15, 0.2) is 0 Å². The molecule has 1 atom stereocenters. The molecule has 0 saturated carbocycles. The number of nitrogens with one attached hydrogen (secondary N) is 2. The molecule has 0 heterocycles. The van der Waals surface area contributed by atoms with E-state index in [1.165, 1.54) is 0 Å². The van der Waals surface area contributed by atoms with Crippen LogP contribution in [0.4, 0.5) is 0 Å². The standard InChI is InChI=1S/C20H22N2O4/c23-18(14-21-19(24)16-11-5-2-6-12-16)22-17(20(25)26)13-7-10-15-8-3-1-4-9-15/h1-6,8-9,11-12,17H,7,10,13-14H2,(H,21,24)(H,22,23)(H,25,26)/t17-/m1/s1. The van der Waals surface area contributed by atoms with Crippen LogP contribution in [-0.4, -0.2) is 35.5 Å². The van der Waals surface area contributed by atoms with E-state index in [-0.39, 0.29) is 12.5 Å². The van der Waals surface area contributed by atoms with Crippen LogP contribution < -0.4 is 10.6 Å². The Balaban J connectivity index is 1.76. The first-order valence-electron chi connectivity index (χ1n) is 8.45. The van der Waals surface area contributed by atoms with Gasteiger partial charge in [0.05, 0.1) is 6.54 Å². The van der Waals surface area contributed by atoms with E-state index in [9.17, 15) is 19.5 Å². The van der Waals surface area contributed by atoms with Crippen LogP contribution in [0.15, 0.2) is 60.7 Å². The molecule has 3 N–H and O–H groups in total. The number of carbonyl (C=O) groups is 3. The summed E-state index contributed by atoms with van der Waals surface area (Å²) >= 11 is 0. The highest BCUT2D eigenvalue weighted by Gasteiger charge is 2.19. The second-order valence-corrected chi connectivity index (χ2v) is 5.88. The zero-order valence-corrected chi connectivity index (χ0v) is 14.4. The van der Waals surface area contributed by atoms with Gasteiger partial charge < -0.3 is 15.7 Å². The lowest BCUT2D eigenvalue weighted by atomic mass is 10.0. The smallest absolute Gasteiger partial charge is 0.326 e. The molecule has 0 saturated heterocycles. The fourth-order valence-corrected chi connectivity index (χ4v) is 2.51. The summed E-state index contributed by atoms with van der Waals surface area (Å²) in [4.78, 5) is 35.2. The average molecular weight is 354 g/mol. The number of amides is 2. The third-order valence-electron chi connectivity index (χ3n) is 3.88. The van der Waals surface area contributed by atoms with E-state index < -0.39 is 17.9 Å². The highest BCUT2D eigenvalue weighted by atomic mass is 16.4. The Bertz CT molecular complexity index is 732. The number of hydrogen-bond acceptors (Lipinski definition) is 3. The Morgan fingerprint density at radius 1 is 0.923 bits per heavy atom. The minimum absolute atomic E-state index is 0.268. The van der Waals surface area contributed by atoms with Crippen molar-refractivity contribution in [3.05, 3.63) is 71.8 Å². The Kier molecular flexibility index (Phi) is 7.36. The third kappa shape index (κ3) is 6.39. The van der Waals surface area contributed by atoms with Crippen molar-refractivity contribution in [1.29, 1.82) is 0 Å². The predicted octanol–water partition coefficient (Wildman–Crippen LogP) is 2.01. The van der Waals surface area contributed by atoms with Gasteiger partial charge in [0.1, 0.15) is 6.04 Å². The highest BCUT2D eigenvalue weighted by molar-refractivity contribution is 5.96. The van der Waals surface area contributed by atoms with Crippen molar-refractivity contribution in [3.63, 3.8) is 0 Å². The zero-order chi connectivity index (χ0) is 18.8. The maximum absolute atomic E-state index is 11.9. The van der Waals surface area contributed by atoms with Crippen molar-refractivity contribution < 1.29 is 19.5 Å². The zero-order valence-electron chi connectivity index (χ0n) is 14.4. The van der Waals surface area contributed by atoms with E-state index in [4.69, 9.17) is 0 Å². The maximum atomic E-state index is 11.9. The first-order chi connectivity index (χ1) is 12.6. The molecule has 0 radical (unpaired) electrons. The Labute approximate surface area is 152 Å². The number of carboxylic acid groups (broad SMARTS) is 1. The number of carboxylic acids is 1. The van der Waals surface area contributed by atoms with Crippen LogP contribution in [0.5, 0.6) is 0 Å². The monoisotopic (exact) mass is 354 g/mol. The van der Waals surface area contributed by atoms with E-state index >= 15 is 0 Å². The summed E-state index contributed by atoms with van der Waals surface area (Å²) in [5.74, 6) is -1.99. The van der Waals surface area contributed by atoms with E-state index in [2.05, 4.69) is 10.6 Å². The summed E-state index contributed by atoms with van der Waals surface area (Å²) < 4.78 is 0. The minimum Gasteiger partial charge on any atom is -0.480 e. The average Bonchev–Trinajstić information content (AvgIpc) is 2.66. The van der Waals surface area contributed by atoms with Gasteiger partial charge in [-0.1, -0.05) is 48.5 Å². The number of rotatable bonds is 9. The molecule has 6 heteroatoms. The topological polar surface area (TPSA) is 95.5 Å². The largest absolute Gasteiger partial charge is 0.480 e. The van der Waals surface area contributed by atoms with Gasteiger partial charge in [0, 0.05) is 5.56 Å². The molecule has 0 aliphatic carbocycles. The number of hydrogen-bond donors (Lipinski definition) is 3. The Morgan fingerprint density at radius 2 is 1.54 bits per heavy atom. The molecule has 2 rings (SSSR count). The highest BCUT2D eigenvalue weighted by Crippen LogP contribution is 2.07. The fourth-order valence-electron chi connectivity index (χ4n) is 2.51. The van der Waals surface area contributed by atoms with E-state index in [0.717, 1.165) is 12.0 Å². The first-order valence-corrected chi connectivity index (χ1v) is 8.45. The van der Waals surface area contributed by atoms with Gasteiger partial charge in [-0.25, -0.2) is 4.79 Å². The van der Waals surface area contributed by atoms with Gasteiger partial charge in [-0.15, -0.1) is 0 Å². The van der Waals surface area contributed by atoms with Gasteiger partial charge in [0.25, 0.3) is 5.91 Å². The van der Waals surface area contributed by atoms with E-state index in [1.54, 1.807) is 30.3 Å². The molecule has 0 spiro atoms. The lowest BCUT2D eigenvalue weighted by Crippen LogP contribution is -2.45. The van der Waals surface area contributed by atoms with Crippen LogP contribution in [0.2, 0.25) is 0 Å². The second-order valence-electron chi connectivity index (χ2n) is 5.88. The molecule has 0 aromatic heterocycles. The van der Waals surface area contributed by atoms with Crippen molar-refractivity contribution >= 4 is 17.8 Å². The number of benzene rings is 2. The van der Waals surface area contributed by atoms with Gasteiger partial charge in [-0.3, -0.25) is 9.59 Å².